The van der Waals surface area contributed by atoms with Crippen LogP contribution < -0.4 is 14.8 Å². The second-order valence-electron chi connectivity index (χ2n) is 7.35. The Morgan fingerprint density at radius 2 is 1.33 bits per heavy atom. The van der Waals surface area contributed by atoms with Gasteiger partial charge in [0.05, 0.1) is 4.90 Å². The van der Waals surface area contributed by atoms with Crippen LogP contribution in [0.1, 0.15) is 15.9 Å². The van der Waals surface area contributed by atoms with E-state index < -0.39 is 10.0 Å². The fraction of sp³-hybridized carbons (Fsp3) is 0.0385. The van der Waals surface area contributed by atoms with Crippen molar-refractivity contribution in [2.45, 2.75) is 11.8 Å². The molecule has 4 aromatic carbocycles. The lowest BCUT2D eigenvalue weighted by atomic mass is 10.1. The summed E-state index contributed by atoms with van der Waals surface area (Å²) in [5, 5.41) is 2.76. The molecule has 0 aliphatic rings. The maximum atomic E-state index is 13.1. The number of hydrogen-bond acceptors (Lipinski definition) is 4. The normalized spacial score (nSPS) is 10.9. The Labute approximate surface area is 192 Å². The van der Waals surface area contributed by atoms with E-state index in [9.17, 15) is 13.2 Å². The van der Waals surface area contributed by atoms with Gasteiger partial charge in [-0.25, -0.2) is 8.42 Å². The zero-order chi connectivity index (χ0) is 23.3. The Morgan fingerprint density at radius 1 is 0.727 bits per heavy atom. The third kappa shape index (κ3) is 5.58. The molecule has 1 amide bonds. The van der Waals surface area contributed by atoms with Gasteiger partial charge in [-0.1, -0.05) is 42.5 Å². The molecule has 0 aromatic heterocycles. The van der Waals surface area contributed by atoms with Crippen LogP contribution in [-0.4, -0.2) is 14.3 Å². The largest absolute Gasteiger partial charge is 0.457 e. The molecule has 2 N–H and O–H groups in total. The Kier molecular flexibility index (Phi) is 6.42. The molecule has 0 unspecified atom stereocenters. The van der Waals surface area contributed by atoms with Crippen LogP contribution in [0.15, 0.2) is 108 Å². The zero-order valence-electron chi connectivity index (χ0n) is 17.9. The van der Waals surface area contributed by atoms with Gasteiger partial charge >= 0.3 is 0 Å². The minimum absolute atomic E-state index is 0.0350. The molecule has 0 aliphatic heterocycles. The maximum absolute atomic E-state index is 13.1. The van der Waals surface area contributed by atoms with Crippen molar-refractivity contribution >= 4 is 27.3 Å². The fourth-order valence-electron chi connectivity index (χ4n) is 3.18. The van der Waals surface area contributed by atoms with Crippen LogP contribution in [0.2, 0.25) is 0 Å². The van der Waals surface area contributed by atoms with Gasteiger partial charge in [0, 0.05) is 16.9 Å². The highest BCUT2D eigenvalue weighted by Crippen LogP contribution is 2.25. The van der Waals surface area contributed by atoms with Gasteiger partial charge in [0.15, 0.2) is 0 Å². The summed E-state index contributed by atoms with van der Waals surface area (Å²) in [5.74, 6) is 0.882. The van der Waals surface area contributed by atoms with Gasteiger partial charge in [-0.2, -0.15) is 0 Å². The molecule has 0 saturated carbocycles. The van der Waals surface area contributed by atoms with E-state index in [0.717, 1.165) is 0 Å². The first-order valence-electron chi connectivity index (χ1n) is 10.2. The highest BCUT2D eigenvalue weighted by Gasteiger charge is 2.19. The van der Waals surface area contributed by atoms with Crippen LogP contribution in [0.3, 0.4) is 0 Å². The van der Waals surface area contributed by atoms with E-state index in [2.05, 4.69) is 10.0 Å². The van der Waals surface area contributed by atoms with Gasteiger partial charge < -0.3 is 10.1 Å². The van der Waals surface area contributed by atoms with E-state index >= 15 is 0 Å². The smallest absolute Gasteiger partial charge is 0.262 e. The van der Waals surface area contributed by atoms with Crippen LogP contribution >= 0.6 is 0 Å². The third-order valence-electron chi connectivity index (χ3n) is 4.86. The van der Waals surface area contributed by atoms with Crippen molar-refractivity contribution in [2.24, 2.45) is 0 Å². The first-order valence-corrected chi connectivity index (χ1v) is 11.7. The standard InChI is InChI=1S/C26H22N2O4S/c1-19-12-13-20(26(29)27-21-8-4-2-5-9-21)18-25(19)33(30,31)28-22-14-16-24(17-15-22)32-23-10-6-3-7-11-23/h2-18,28H,1H3,(H,27,29). The molecule has 6 nitrogen and oxygen atoms in total. The predicted octanol–water partition coefficient (Wildman–Crippen LogP) is 5.84. The minimum Gasteiger partial charge on any atom is -0.457 e. The molecule has 0 saturated heterocycles. The van der Waals surface area contributed by atoms with Crippen molar-refractivity contribution in [1.82, 2.24) is 0 Å². The first kappa shape index (κ1) is 22.1. The Morgan fingerprint density at radius 3 is 2.00 bits per heavy atom. The summed E-state index contributed by atoms with van der Waals surface area (Å²) in [4.78, 5) is 12.6. The number of hydrogen-bond donors (Lipinski definition) is 2. The lowest BCUT2D eigenvalue weighted by Gasteiger charge is -2.13. The number of sulfonamides is 1. The van der Waals surface area contributed by atoms with Crippen LogP contribution in [-0.2, 0) is 10.0 Å². The monoisotopic (exact) mass is 458 g/mol. The van der Waals surface area contributed by atoms with Crippen molar-refractivity contribution in [2.75, 3.05) is 10.0 Å². The highest BCUT2D eigenvalue weighted by atomic mass is 32.2. The fourth-order valence-corrected chi connectivity index (χ4v) is 4.51. The summed E-state index contributed by atoms with van der Waals surface area (Å²) in [5.41, 5.74) is 1.79. The number of carbonyl (C=O) groups excluding carboxylic acids is 1. The molecule has 0 bridgehead atoms. The summed E-state index contributed by atoms with van der Waals surface area (Å²) in [6, 6.07) is 29.5. The predicted molar refractivity (Wildman–Crippen MR) is 129 cm³/mol. The summed E-state index contributed by atoms with van der Waals surface area (Å²) < 4.78 is 34.4. The van der Waals surface area contributed by atoms with Crippen molar-refractivity contribution in [1.29, 1.82) is 0 Å². The summed E-state index contributed by atoms with van der Waals surface area (Å²) in [6.07, 6.45) is 0. The lowest BCUT2D eigenvalue weighted by molar-refractivity contribution is 0.102. The molecular formula is C26H22N2O4S. The van der Waals surface area contributed by atoms with Crippen LogP contribution in [0, 0.1) is 6.92 Å². The van der Waals surface area contributed by atoms with Gasteiger partial charge in [0.2, 0.25) is 0 Å². The molecule has 166 valence electrons. The second kappa shape index (κ2) is 9.58. The third-order valence-corrected chi connectivity index (χ3v) is 6.38. The summed E-state index contributed by atoms with van der Waals surface area (Å²) in [6.45, 7) is 1.68. The number of anilines is 2. The molecule has 0 spiro atoms. The van der Waals surface area contributed by atoms with Gasteiger partial charge in [0.1, 0.15) is 11.5 Å². The van der Waals surface area contributed by atoms with Gasteiger partial charge in [-0.15, -0.1) is 0 Å². The Hall–Kier alpha value is -4.10. The molecule has 4 rings (SSSR count). The lowest BCUT2D eigenvalue weighted by Crippen LogP contribution is -2.17. The van der Waals surface area contributed by atoms with E-state index in [1.54, 1.807) is 67.6 Å². The Balaban J connectivity index is 1.51. The van der Waals surface area contributed by atoms with Crippen LogP contribution in [0.5, 0.6) is 11.5 Å². The van der Waals surface area contributed by atoms with Crippen molar-refractivity contribution in [3.05, 3.63) is 114 Å². The van der Waals surface area contributed by atoms with Gasteiger partial charge in [0.25, 0.3) is 15.9 Å². The van der Waals surface area contributed by atoms with E-state index in [1.165, 1.54) is 6.07 Å². The Bertz CT molecular complexity index is 1350. The number of para-hydroxylation sites is 2. The molecule has 33 heavy (non-hydrogen) atoms. The maximum Gasteiger partial charge on any atom is 0.262 e. The average molecular weight is 459 g/mol. The molecule has 0 heterocycles. The molecule has 0 aliphatic carbocycles. The van der Waals surface area contributed by atoms with Crippen molar-refractivity contribution < 1.29 is 17.9 Å². The molecule has 7 heteroatoms. The number of amides is 1. The van der Waals surface area contributed by atoms with Crippen molar-refractivity contribution in [3.63, 3.8) is 0 Å². The number of ether oxygens (including phenoxy) is 1. The van der Waals surface area contributed by atoms with E-state index in [1.807, 2.05) is 36.4 Å². The topological polar surface area (TPSA) is 84.5 Å². The van der Waals surface area contributed by atoms with Gasteiger partial charge in [-0.05, 0) is 73.2 Å². The van der Waals surface area contributed by atoms with Crippen molar-refractivity contribution in [3.8, 4) is 11.5 Å². The number of rotatable bonds is 7. The number of nitrogens with one attached hydrogen (secondary N) is 2. The average Bonchev–Trinajstić information content (AvgIpc) is 2.81. The summed E-state index contributed by atoms with van der Waals surface area (Å²) >= 11 is 0. The first-order chi connectivity index (χ1) is 15.9. The molecule has 0 radical (unpaired) electrons. The molecular weight excluding hydrogens is 436 g/mol. The summed E-state index contributed by atoms with van der Waals surface area (Å²) in [7, 11) is -3.92. The number of benzene rings is 4. The van der Waals surface area contributed by atoms with Crippen LogP contribution in [0.25, 0.3) is 0 Å². The van der Waals surface area contributed by atoms with Gasteiger partial charge in [-0.3, -0.25) is 9.52 Å². The van der Waals surface area contributed by atoms with E-state index in [0.29, 0.717) is 28.4 Å². The van der Waals surface area contributed by atoms with E-state index in [-0.39, 0.29) is 16.4 Å². The zero-order valence-corrected chi connectivity index (χ0v) is 18.7. The molecule has 0 atom stereocenters. The SMILES string of the molecule is Cc1ccc(C(=O)Nc2ccccc2)cc1S(=O)(=O)Nc1ccc(Oc2ccccc2)cc1. The van der Waals surface area contributed by atoms with E-state index in [4.69, 9.17) is 4.74 Å². The van der Waals surface area contributed by atoms with Crippen LogP contribution in [0.4, 0.5) is 11.4 Å². The quantitative estimate of drug-likeness (QED) is 0.364. The number of aryl methyl sites for hydroxylation is 1. The second-order valence-corrected chi connectivity index (χ2v) is 9.00. The molecule has 4 aromatic rings. The highest BCUT2D eigenvalue weighted by molar-refractivity contribution is 7.92. The molecule has 0 fully saturated rings. The minimum atomic E-state index is -3.92. The number of carbonyl (C=O) groups is 1.